The molecule has 1 unspecified atom stereocenters. The van der Waals surface area contributed by atoms with E-state index in [9.17, 15) is 19.1 Å². The molecule has 37 heavy (non-hydrogen) atoms. The SMILES string of the molecule is CCCOc1ccc(C2/C(=C(\O)c3ccc(OC)c(F)c3)C(=O)C(=O)N2CCN2CCCC2)cc1OC. The summed E-state index contributed by atoms with van der Waals surface area (Å²) in [5, 5.41) is 11.2. The zero-order valence-corrected chi connectivity index (χ0v) is 21.5. The smallest absolute Gasteiger partial charge is 0.295 e. The Kier molecular flexibility index (Phi) is 8.33. The van der Waals surface area contributed by atoms with Gasteiger partial charge in [0.25, 0.3) is 11.7 Å². The van der Waals surface area contributed by atoms with E-state index >= 15 is 0 Å². The van der Waals surface area contributed by atoms with E-state index < -0.39 is 29.3 Å². The number of halogens is 1. The molecule has 2 aromatic rings. The van der Waals surface area contributed by atoms with Crippen LogP contribution >= 0.6 is 0 Å². The van der Waals surface area contributed by atoms with Crippen LogP contribution in [0.2, 0.25) is 0 Å². The van der Waals surface area contributed by atoms with Crippen LogP contribution in [0.3, 0.4) is 0 Å². The van der Waals surface area contributed by atoms with Gasteiger partial charge in [-0.25, -0.2) is 4.39 Å². The van der Waals surface area contributed by atoms with Crippen LogP contribution in [0, 0.1) is 5.82 Å². The fraction of sp³-hybridized carbons (Fsp3) is 0.429. The Labute approximate surface area is 216 Å². The summed E-state index contributed by atoms with van der Waals surface area (Å²) in [5.41, 5.74) is 0.563. The number of ketones is 1. The fourth-order valence-corrected chi connectivity index (χ4v) is 4.87. The third-order valence-corrected chi connectivity index (χ3v) is 6.79. The first kappa shape index (κ1) is 26.5. The number of nitrogens with zero attached hydrogens (tertiary/aromatic N) is 2. The van der Waals surface area contributed by atoms with E-state index in [1.165, 1.54) is 31.3 Å². The summed E-state index contributed by atoms with van der Waals surface area (Å²) in [6.45, 7) is 5.30. The molecular formula is C28H33FN2O6. The second-order valence-electron chi connectivity index (χ2n) is 9.15. The molecule has 2 heterocycles. The van der Waals surface area contributed by atoms with Crippen molar-refractivity contribution in [1.29, 1.82) is 0 Å². The third kappa shape index (κ3) is 5.41. The van der Waals surface area contributed by atoms with Crippen LogP contribution in [0.1, 0.15) is 43.4 Å². The Morgan fingerprint density at radius 3 is 2.35 bits per heavy atom. The van der Waals surface area contributed by atoms with Crippen molar-refractivity contribution in [1.82, 2.24) is 9.80 Å². The summed E-state index contributed by atoms with van der Waals surface area (Å²) in [6.07, 6.45) is 3.02. The van der Waals surface area contributed by atoms with Gasteiger partial charge in [0.05, 0.1) is 32.4 Å². The molecule has 2 aliphatic rings. The summed E-state index contributed by atoms with van der Waals surface area (Å²) < 4.78 is 30.7. The number of Topliss-reactive ketones (excluding diaryl/α,β-unsaturated/α-hetero) is 1. The number of methoxy groups -OCH3 is 2. The van der Waals surface area contributed by atoms with E-state index in [1.54, 1.807) is 18.2 Å². The van der Waals surface area contributed by atoms with E-state index in [1.807, 2.05) is 6.92 Å². The summed E-state index contributed by atoms with van der Waals surface area (Å²) >= 11 is 0. The number of ether oxygens (including phenoxy) is 3. The number of amides is 1. The Bertz CT molecular complexity index is 1190. The number of likely N-dealkylation sites (tertiary alicyclic amines) is 2. The molecule has 0 aliphatic carbocycles. The monoisotopic (exact) mass is 512 g/mol. The van der Waals surface area contributed by atoms with Crippen molar-refractivity contribution in [3.05, 3.63) is 58.9 Å². The molecule has 198 valence electrons. The molecule has 0 spiro atoms. The number of hydrogen-bond acceptors (Lipinski definition) is 7. The van der Waals surface area contributed by atoms with Crippen molar-refractivity contribution in [2.24, 2.45) is 0 Å². The average molecular weight is 513 g/mol. The lowest BCUT2D eigenvalue weighted by molar-refractivity contribution is -0.140. The van der Waals surface area contributed by atoms with Crippen molar-refractivity contribution in [2.75, 3.05) is 47.0 Å². The molecule has 0 saturated carbocycles. The predicted octanol–water partition coefficient (Wildman–Crippen LogP) is 4.15. The van der Waals surface area contributed by atoms with Crippen molar-refractivity contribution in [2.45, 2.75) is 32.2 Å². The van der Waals surface area contributed by atoms with Crippen molar-refractivity contribution >= 4 is 17.4 Å². The Balaban J connectivity index is 1.79. The van der Waals surface area contributed by atoms with E-state index in [2.05, 4.69) is 4.90 Å². The fourth-order valence-electron chi connectivity index (χ4n) is 4.87. The Hall–Kier alpha value is -3.59. The van der Waals surface area contributed by atoms with Crippen molar-refractivity contribution < 1.29 is 33.3 Å². The standard InChI is InChI=1S/C28H33FN2O6/c1-4-15-37-22-10-7-18(17-23(22)36-3)25-24(26(32)19-8-9-21(35-2)20(29)16-19)27(33)28(34)31(25)14-13-30-11-5-6-12-30/h7-10,16-17,25,32H,4-6,11-15H2,1-3H3/b26-24+. The van der Waals surface area contributed by atoms with E-state index in [-0.39, 0.29) is 16.9 Å². The predicted molar refractivity (Wildman–Crippen MR) is 136 cm³/mol. The number of carbonyl (C=O) groups excluding carboxylic acids is 2. The maximum atomic E-state index is 14.4. The van der Waals surface area contributed by atoms with E-state index in [0.29, 0.717) is 36.8 Å². The molecule has 4 rings (SSSR count). The van der Waals surface area contributed by atoms with Gasteiger partial charge in [0.15, 0.2) is 23.1 Å². The zero-order chi connectivity index (χ0) is 26.5. The topological polar surface area (TPSA) is 88.5 Å². The molecule has 0 aromatic heterocycles. The molecule has 2 fully saturated rings. The number of hydrogen-bond donors (Lipinski definition) is 1. The third-order valence-electron chi connectivity index (χ3n) is 6.79. The lowest BCUT2D eigenvalue weighted by Crippen LogP contribution is -2.37. The molecule has 2 saturated heterocycles. The van der Waals surface area contributed by atoms with Gasteiger partial charge in [0.1, 0.15) is 5.76 Å². The normalized spacial score (nSPS) is 19.5. The second-order valence-corrected chi connectivity index (χ2v) is 9.15. The van der Waals surface area contributed by atoms with Gasteiger partial charge in [0.2, 0.25) is 0 Å². The molecule has 2 aromatic carbocycles. The minimum Gasteiger partial charge on any atom is -0.507 e. The Morgan fingerprint density at radius 1 is 1.00 bits per heavy atom. The van der Waals surface area contributed by atoms with Crippen LogP contribution in [0.15, 0.2) is 42.0 Å². The summed E-state index contributed by atoms with van der Waals surface area (Å²) in [4.78, 5) is 30.2. The zero-order valence-electron chi connectivity index (χ0n) is 21.5. The van der Waals surface area contributed by atoms with Gasteiger partial charge >= 0.3 is 0 Å². The van der Waals surface area contributed by atoms with E-state index in [4.69, 9.17) is 14.2 Å². The highest BCUT2D eigenvalue weighted by Crippen LogP contribution is 2.42. The van der Waals surface area contributed by atoms with Gasteiger partial charge in [0, 0.05) is 18.7 Å². The van der Waals surface area contributed by atoms with E-state index in [0.717, 1.165) is 38.4 Å². The first-order valence-electron chi connectivity index (χ1n) is 12.5. The lowest BCUT2D eigenvalue weighted by atomic mass is 9.95. The van der Waals surface area contributed by atoms with Gasteiger partial charge < -0.3 is 29.1 Å². The van der Waals surface area contributed by atoms with Crippen LogP contribution in [-0.2, 0) is 9.59 Å². The highest BCUT2D eigenvalue weighted by molar-refractivity contribution is 6.46. The molecule has 1 N–H and O–H groups in total. The molecule has 2 aliphatic heterocycles. The molecule has 0 radical (unpaired) electrons. The molecule has 1 amide bonds. The minimum absolute atomic E-state index is 0.00608. The maximum absolute atomic E-state index is 14.4. The highest BCUT2D eigenvalue weighted by Gasteiger charge is 2.46. The maximum Gasteiger partial charge on any atom is 0.295 e. The number of carbonyl (C=O) groups is 2. The first-order chi connectivity index (χ1) is 17.9. The largest absolute Gasteiger partial charge is 0.507 e. The minimum atomic E-state index is -0.873. The van der Waals surface area contributed by atoms with Gasteiger partial charge in [-0.15, -0.1) is 0 Å². The van der Waals surface area contributed by atoms with Crippen LogP contribution in [-0.4, -0.2) is 73.6 Å². The number of rotatable bonds is 10. The summed E-state index contributed by atoms with van der Waals surface area (Å²) in [6, 6.07) is 8.24. The van der Waals surface area contributed by atoms with Crippen LogP contribution in [0.25, 0.3) is 5.76 Å². The van der Waals surface area contributed by atoms with Crippen LogP contribution in [0.4, 0.5) is 4.39 Å². The van der Waals surface area contributed by atoms with Gasteiger partial charge in [-0.05, 0) is 68.2 Å². The molecular weight excluding hydrogens is 479 g/mol. The number of aliphatic hydroxyl groups excluding tert-OH is 1. The lowest BCUT2D eigenvalue weighted by Gasteiger charge is -2.28. The van der Waals surface area contributed by atoms with Gasteiger partial charge in [-0.1, -0.05) is 13.0 Å². The molecule has 8 nitrogen and oxygen atoms in total. The second kappa shape index (κ2) is 11.6. The first-order valence-corrected chi connectivity index (χ1v) is 12.5. The molecule has 1 atom stereocenters. The van der Waals surface area contributed by atoms with Gasteiger partial charge in [-0.2, -0.15) is 0 Å². The number of aliphatic hydroxyl groups is 1. The summed E-state index contributed by atoms with van der Waals surface area (Å²) in [5.74, 6) is -1.66. The van der Waals surface area contributed by atoms with Crippen LogP contribution in [0.5, 0.6) is 17.2 Å². The number of benzene rings is 2. The molecule has 9 heteroatoms. The Morgan fingerprint density at radius 2 is 1.70 bits per heavy atom. The summed E-state index contributed by atoms with van der Waals surface area (Å²) in [7, 11) is 2.85. The quantitative estimate of drug-likeness (QED) is 0.291. The average Bonchev–Trinajstić information content (AvgIpc) is 3.52. The van der Waals surface area contributed by atoms with Crippen LogP contribution < -0.4 is 14.2 Å². The highest BCUT2D eigenvalue weighted by atomic mass is 19.1. The molecule has 0 bridgehead atoms. The van der Waals surface area contributed by atoms with Crippen molar-refractivity contribution in [3.63, 3.8) is 0 Å². The van der Waals surface area contributed by atoms with Gasteiger partial charge in [-0.3, -0.25) is 9.59 Å². The van der Waals surface area contributed by atoms with Crippen molar-refractivity contribution in [3.8, 4) is 17.2 Å².